The molecular formula is C19H19IN2O4S. The van der Waals surface area contributed by atoms with Gasteiger partial charge in [0.15, 0.2) is 5.65 Å². The van der Waals surface area contributed by atoms with Crippen LogP contribution in [0.1, 0.15) is 26.3 Å². The molecule has 0 saturated carbocycles. The van der Waals surface area contributed by atoms with Crippen LogP contribution in [-0.2, 0) is 26.0 Å². The summed E-state index contributed by atoms with van der Waals surface area (Å²) in [5.74, 6) is -0.352. The number of nitrogens with zero attached hydrogens (tertiary/aromatic N) is 2. The van der Waals surface area contributed by atoms with Gasteiger partial charge in [0.25, 0.3) is 10.0 Å². The molecule has 3 aromatic rings. The number of carbonyl (C=O) groups excluding carboxylic acids is 1. The molecule has 0 radical (unpaired) electrons. The van der Waals surface area contributed by atoms with Crippen molar-refractivity contribution in [3.05, 3.63) is 57.9 Å². The first kappa shape index (κ1) is 19.8. The average Bonchev–Trinajstić information content (AvgIpc) is 2.89. The molecule has 27 heavy (non-hydrogen) atoms. The maximum Gasteiger partial charge on any atom is 0.310 e. The molecule has 3 rings (SSSR count). The topological polar surface area (TPSA) is 78.3 Å². The second-order valence-corrected chi connectivity index (χ2v) is 9.96. The molecule has 0 fully saturated rings. The number of benzene rings is 1. The Morgan fingerprint density at radius 2 is 1.85 bits per heavy atom. The number of esters is 1. The summed E-state index contributed by atoms with van der Waals surface area (Å²) in [5.41, 5.74) is 0.440. The van der Waals surface area contributed by atoms with Crippen molar-refractivity contribution in [2.45, 2.75) is 37.7 Å². The SMILES string of the molecule is CC(C)(C)OC(=O)Cc1cnc2c(c1)cc(I)n2S(=O)(=O)c1ccccc1. The Hall–Kier alpha value is -1.94. The maximum absolute atomic E-state index is 13.0. The van der Waals surface area contributed by atoms with Crippen LogP contribution in [-0.4, -0.2) is 28.9 Å². The van der Waals surface area contributed by atoms with Crippen molar-refractivity contribution in [3.8, 4) is 0 Å². The van der Waals surface area contributed by atoms with Crippen LogP contribution in [0.4, 0.5) is 0 Å². The molecule has 0 aliphatic carbocycles. The molecule has 2 aromatic heterocycles. The van der Waals surface area contributed by atoms with Gasteiger partial charge in [-0.15, -0.1) is 0 Å². The van der Waals surface area contributed by atoms with Gasteiger partial charge in [0, 0.05) is 11.6 Å². The lowest BCUT2D eigenvalue weighted by Crippen LogP contribution is -2.24. The van der Waals surface area contributed by atoms with Gasteiger partial charge in [-0.1, -0.05) is 18.2 Å². The number of hydrogen-bond donors (Lipinski definition) is 0. The molecule has 0 unspecified atom stereocenters. The van der Waals surface area contributed by atoms with Crippen molar-refractivity contribution in [2.24, 2.45) is 0 Å². The van der Waals surface area contributed by atoms with Gasteiger partial charge in [0.2, 0.25) is 0 Å². The van der Waals surface area contributed by atoms with Crippen LogP contribution < -0.4 is 0 Å². The van der Waals surface area contributed by atoms with E-state index in [1.54, 1.807) is 42.5 Å². The Morgan fingerprint density at radius 3 is 2.48 bits per heavy atom. The van der Waals surface area contributed by atoms with E-state index >= 15 is 0 Å². The number of rotatable bonds is 4. The summed E-state index contributed by atoms with van der Waals surface area (Å²) in [4.78, 5) is 16.5. The Kier molecular flexibility index (Phi) is 5.31. The summed E-state index contributed by atoms with van der Waals surface area (Å²) in [5, 5.41) is 0.653. The van der Waals surface area contributed by atoms with Gasteiger partial charge in [-0.25, -0.2) is 17.4 Å². The van der Waals surface area contributed by atoms with Crippen molar-refractivity contribution in [2.75, 3.05) is 0 Å². The van der Waals surface area contributed by atoms with Crippen LogP contribution in [0.5, 0.6) is 0 Å². The largest absolute Gasteiger partial charge is 0.460 e. The van der Waals surface area contributed by atoms with Crippen LogP contribution in [0.25, 0.3) is 11.0 Å². The first-order valence-electron chi connectivity index (χ1n) is 8.26. The third kappa shape index (κ3) is 4.32. The molecule has 0 saturated heterocycles. The van der Waals surface area contributed by atoms with Gasteiger partial charge >= 0.3 is 5.97 Å². The van der Waals surface area contributed by atoms with Gasteiger partial charge in [-0.2, -0.15) is 0 Å². The van der Waals surface area contributed by atoms with Crippen LogP contribution in [0.2, 0.25) is 0 Å². The Morgan fingerprint density at radius 1 is 1.19 bits per heavy atom. The molecule has 1 aromatic carbocycles. The molecule has 0 amide bonds. The van der Waals surface area contributed by atoms with E-state index in [9.17, 15) is 13.2 Å². The van der Waals surface area contributed by atoms with E-state index in [0.717, 1.165) is 0 Å². The minimum absolute atomic E-state index is 0.0768. The van der Waals surface area contributed by atoms with Crippen LogP contribution in [0.15, 0.2) is 53.6 Å². The highest BCUT2D eigenvalue weighted by Gasteiger charge is 2.23. The molecule has 0 aliphatic rings. The van der Waals surface area contributed by atoms with E-state index in [2.05, 4.69) is 4.98 Å². The molecule has 8 heteroatoms. The predicted molar refractivity (Wildman–Crippen MR) is 111 cm³/mol. The second kappa shape index (κ2) is 7.23. The van der Waals surface area contributed by atoms with Crippen molar-refractivity contribution in [1.29, 1.82) is 0 Å². The zero-order chi connectivity index (χ0) is 19.8. The molecule has 6 nitrogen and oxygen atoms in total. The molecule has 0 atom stereocenters. The third-order valence-corrected chi connectivity index (χ3v) is 6.50. The van der Waals surface area contributed by atoms with E-state index in [-0.39, 0.29) is 17.3 Å². The number of hydrogen-bond acceptors (Lipinski definition) is 5. The number of carbonyl (C=O) groups is 1. The number of halogens is 1. The monoisotopic (exact) mass is 498 g/mol. The number of pyridine rings is 1. The van der Waals surface area contributed by atoms with E-state index in [4.69, 9.17) is 4.74 Å². The summed E-state index contributed by atoms with van der Waals surface area (Å²) < 4.78 is 33.1. The van der Waals surface area contributed by atoms with Crippen molar-refractivity contribution < 1.29 is 17.9 Å². The summed E-state index contributed by atoms with van der Waals surface area (Å²) >= 11 is 1.97. The molecule has 0 spiro atoms. The molecule has 0 N–H and O–H groups in total. The lowest BCUT2D eigenvalue weighted by molar-refractivity contribution is -0.153. The summed E-state index contributed by atoms with van der Waals surface area (Å²) in [6.07, 6.45) is 1.59. The number of ether oxygens (including phenoxy) is 1. The van der Waals surface area contributed by atoms with E-state index in [1.165, 1.54) is 10.2 Å². The van der Waals surface area contributed by atoms with Gasteiger partial charge in [-0.05, 0) is 73.2 Å². The van der Waals surface area contributed by atoms with E-state index < -0.39 is 15.6 Å². The van der Waals surface area contributed by atoms with Crippen LogP contribution >= 0.6 is 22.6 Å². The Balaban J connectivity index is 1.99. The van der Waals surface area contributed by atoms with E-state index in [1.807, 2.05) is 43.4 Å². The van der Waals surface area contributed by atoms with Gasteiger partial charge in [0.1, 0.15) is 5.60 Å². The Bertz CT molecular complexity index is 1100. The molecule has 0 bridgehead atoms. The number of aromatic nitrogens is 2. The summed E-state index contributed by atoms with van der Waals surface area (Å²) in [6, 6.07) is 11.7. The highest BCUT2D eigenvalue weighted by atomic mass is 127. The molecule has 2 heterocycles. The minimum Gasteiger partial charge on any atom is -0.460 e. The summed E-state index contributed by atoms with van der Waals surface area (Å²) in [6.45, 7) is 5.43. The standard InChI is InChI=1S/C19H19IN2O4S/c1-19(2,3)26-17(23)10-13-9-14-11-16(20)22(18(14)21-12-13)27(24,25)15-7-5-4-6-8-15/h4-9,11-12H,10H2,1-3H3. The van der Waals surface area contributed by atoms with Gasteiger partial charge in [-0.3, -0.25) is 4.79 Å². The van der Waals surface area contributed by atoms with Crippen molar-refractivity contribution >= 4 is 49.6 Å². The zero-order valence-electron chi connectivity index (χ0n) is 15.1. The fraction of sp³-hybridized carbons (Fsp3) is 0.263. The van der Waals surface area contributed by atoms with Crippen molar-refractivity contribution in [3.63, 3.8) is 0 Å². The highest BCUT2D eigenvalue weighted by Crippen LogP contribution is 2.26. The first-order valence-corrected chi connectivity index (χ1v) is 10.8. The summed E-state index contributed by atoms with van der Waals surface area (Å²) in [7, 11) is -3.76. The van der Waals surface area contributed by atoms with Crippen LogP contribution in [0.3, 0.4) is 0 Å². The van der Waals surface area contributed by atoms with E-state index in [0.29, 0.717) is 20.3 Å². The fourth-order valence-electron chi connectivity index (χ4n) is 2.65. The smallest absolute Gasteiger partial charge is 0.310 e. The average molecular weight is 498 g/mol. The molecule has 0 aliphatic heterocycles. The number of fused-ring (bicyclic) bond motifs is 1. The lowest BCUT2D eigenvalue weighted by atomic mass is 10.1. The van der Waals surface area contributed by atoms with Gasteiger partial charge in [0.05, 0.1) is 15.0 Å². The molecular weight excluding hydrogens is 479 g/mol. The van der Waals surface area contributed by atoms with Crippen molar-refractivity contribution in [1.82, 2.24) is 8.96 Å². The second-order valence-electron chi connectivity index (χ2n) is 7.07. The Labute approximate surface area is 171 Å². The molecule has 142 valence electrons. The first-order chi connectivity index (χ1) is 12.6. The zero-order valence-corrected chi connectivity index (χ0v) is 18.1. The minimum atomic E-state index is -3.76. The highest BCUT2D eigenvalue weighted by molar-refractivity contribution is 14.1. The lowest BCUT2D eigenvalue weighted by Gasteiger charge is -2.19. The predicted octanol–water partition coefficient (Wildman–Crippen LogP) is 3.76. The normalized spacial score (nSPS) is 12.3. The third-order valence-electron chi connectivity index (χ3n) is 3.66. The fourth-order valence-corrected chi connectivity index (χ4v) is 5.37. The van der Waals surface area contributed by atoms with Gasteiger partial charge < -0.3 is 4.74 Å². The maximum atomic E-state index is 13.0. The van der Waals surface area contributed by atoms with Crippen LogP contribution in [0, 0.1) is 3.70 Å². The quantitative estimate of drug-likeness (QED) is 0.405.